The minimum atomic E-state index is -0.691. The van der Waals surface area contributed by atoms with E-state index < -0.39 is 5.97 Å². The summed E-state index contributed by atoms with van der Waals surface area (Å²) in [7, 11) is 3.15. The number of rotatable bonds is 5. The maximum Gasteiger partial charge on any atom is 0.340 e. The fraction of sp³-hybridized carbons (Fsp3) is 0.316. The van der Waals surface area contributed by atoms with Gasteiger partial charge in [0.25, 0.3) is 5.91 Å². The van der Waals surface area contributed by atoms with E-state index in [2.05, 4.69) is 4.98 Å². The Kier molecular flexibility index (Phi) is 6.26. The molecule has 28 heavy (non-hydrogen) atoms. The monoisotopic (exact) mass is 424 g/mol. The quantitative estimate of drug-likeness (QED) is 0.541. The molecule has 0 N–H and O–H groups in total. The number of pyridine rings is 1. The highest BCUT2D eigenvalue weighted by Gasteiger charge is 2.24. The second kappa shape index (κ2) is 8.67. The number of carbonyl (C=O) groups is 2. The molecule has 1 amide bonds. The summed E-state index contributed by atoms with van der Waals surface area (Å²) in [6.45, 7) is 0.551. The van der Waals surface area contributed by atoms with Gasteiger partial charge in [0.1, 0.15) is 5.15 Å². The Morgan fingerprint density at radius 2 is 1.79 bits per heavy atom. The van der Waals surface area contributed by atoms with Crippen LogP contribution in [0.1, 0.15) is 21.5 Å². The van der Waals surface area contributed by atoms with Gasteiger partial charge in [-0.3, -0.25) is 4.79 Å². The standard InChI is InChI=1S/C19H18Cl2N2O5/c1-26-15-6-11-3-4-23(9-13(11)7-16(15)27-2)17(24)10-28-19(25)12-5-14(20)18(21)22-8-12/h5-8H,3-4,9-10H2,1-2H3. The Bertz CT molecular complexity index is 919. The van der Waals surface area contributed by atoms with Gasteiger partial charge in [0.2, 0.25) is 0 Å². The second-order valence-corrected chi connectivity index (χ2v) is 6.88. The lowest BCUT2D eigenvalue weighted by atomic mass is 9.99. The highest BCUT2D eigenvalue weighted by atomic mass is 35.5. The molecule has 0 radical (unpaired) electrons. The van der Waals surface area contributed by atoms with Crippen molar-refractivity contribution in [2.75, 3.05) is 27.4 Å². The van der Waals surface area contributed by atoms with Gasteiger partial charge >= 0.3 is 5.97 Å². The van der Waals surface area contributed by atoms with Gasteiger partial charge in [0.15, 0.2) is 18.1 Å². The molecule has 148 valence electrons. The fourth-order valence-electron chi connectivity index (χ4n) is 2.93. The number of benzene rings is 1. The van der Waals surface area contributed by atoms with Crippen LogP contribution in [0.15, 0.2) is 24.4 Å². The number of hydrogen-bond acceptors (Lipinski definition) is 6. The van der Waals surface area contributed by atoms with E-state index in [1.807, 2.05) is 12.1 Å². The van der Waals surface area contributed by atoms with Crippen LogP contribution in [0.25, 0.3) is 0 Å². The Balaban J connectivity index is 1.63. The highest BCUT2D eigenvalue weighted by Crippen LogP contribution is 2.33. The Hall–Kier alpha value is -2.51. The van der Waals surface area contributed by atoms with Crippen molar-refractivity contribution in [2.24, 2.45) is 0 Å². The molecule has 7 nitrogen and oxygen atoms in total. The van der Waals surface area contributed by atoms with E-state index in [9.17, 15) is 9.59 Å². The molecule has 1 aliphatic rings. The average molecular weight is 425 g/mol. The topological polar surface area (TPSA) is 78.0 Å². The molecule has 1 aliphatic heterocycles. The van der Waals surface area contributed by atoms with Crippen molar-refractivity contribution in [3.8, 4) is 11.5 Å². The van der Waals surface area contributed by atoms with Gasteiger partial charge in [-0.05, 0) is 35.7 Å². The molecule has 9 heteroatoms. The van der Waals surface area contributed by atoms with Gasteiger partial charge in [-0.15, -0.1) is 0 Å². The van der Waals surface area contributed by atoms with Gasteiger partial charge < -0.3 is 19.1 Å². The Morgan fingerprint density at radius 3 is 2.43 bits per heavy atom. The summed E-state index contributed by atoms with van der Waals surface area (Å²) in [5.41, 5.74) is 2.20. The van der Waals surface area contributed by atoms with Crippen LogP contribution in [-0.2, 0) is 22.5 Å². The third kappa shape index (κ3) is 4.31. The summed E-state index contributed by atoms with van der Waals surface area (Å²) in [5, 5.41) is 0.229. The van der Waals surface area contributed by atoms with Crippen molar-refractivity contribution < 1.29 is 23.8 Å². The molecule has 1 aromatic heterocycles. The summed E-state index contributed by atoms with van der Waals surface area (Å²) >= 11 is 11.6. The zero-order valence-corrected chi connectivity index (χ0v) is 16.8. The Morgan fingerprint density at radius 1 is 1.11 bits per heavy atom. The predicted molar refractivity (Wildman–Crippen MR) is 103 cm³/mol. The van der Waals surface area contributed by atoms with Gasteiger partial charge in [-0.25, -0.2) is 9.78 Å². The lowest BCUT2D eigenvalue weighted by Gasteiger charge is -2.29. The number of halogens is 2. The van der Waals surface area contributed by atoms with E-state index in [-0.39, 0.29) is 28.3 Å². The first-order valence-electron chi connectivity index (χ1n) is 8.42. The summed E-state index contributed by atoms with van der Waals surface area (Å²) in [4.78, 5) is 30.0. The van der Waals surface area contributed by atoms with E-state index in [1.54, 1.807) is 19.1 Å². The van der Waals surface area contributed by atoms with Crippen LogP contribution in [0, 0.1) is 0 Å². The Labute approximate surface area is 172 Å². The molecular weight excluding hydrogens is 407 g/mol. The maximum atomic E-state index is 12.5. The molecule has 0 fully saturated rings. The van der Waals surface area contributed by atoms with Crippen LogP contribution in [0.3, 0.4) is 0 Å². The highest BCUT2D eigenvalue weighted by molar-refractivity contribution is 6.41. The molecule has 0 bridgehead atoms. The number of carbonyl (C=O) groups excluding carboxylic acids is 2. The van der Waals surface area contributed by atoms with Crippen LogP contribution in [0.4, 0.5) is 0 Å². The number of amides is 1. The van der Waals surface area contributed by atoms with Crippen molar-refractivity contribution in [3.05, 3.63) is 51.3 Å². The first-order chi connectivity index (χ1) is 13.4. The molecule has 0 saturated carbocycles. The van der Waals surface area contributed by atoms with Gasteiger partial charge in [-0.2, -0.15) is 0 Å². The largest absolute Gasteiger partial charge is 0.493 e. The number of hydrogen-bond donors (Lipinski definition) is 0. The van der Waals surface area contributed by atoms with Crippen LogP contribution in [-0.4, -0.2) is 49.1 Å². The molecule has 0 atom stereocenters. The van der Waals surface area contributed by atoms with Crippen LogP contribution in [0.2, 0.25) is 10.2 Å². The first kappa shape index (κ1) is 20.2. The third-order valence-corrected chi connectivity index (χ3v) is 5.12. The zero-order valence-electron chi connectivity index (χ0n) is 15.3. The molecular formula is C19H18Cl2N2O5. The molecule has 1 aromatic carbocycles. The number of esters is 1. The summed E-state index contributed by atoms with van der Waals surface area (Å²) in [5.74, 6) is 0.282. The van der Waals surface area contributed by atoms with Crippen molar-refractivity contribution in [2.45, 2.75) is 13.0 Å². The minimum absolute atomic E-state index is 0.0910. The smallest absolute Gasteiger partial charge is 0.340 e. The molecule has 0 saturated heterocycles. The molecule has 2 aromatic rings. The van der Waals surface area contributed by atoms with Crippen molar-refractivity contribution in [3.63, 3.8) is 0 Å². The molecule has 3 rings (SSSR count). The summed E-state index contributed by atoms with van der Waals surface area (Å²) in [6, 6.07) is 5.13. The van der Waals surface area contributed by atoms with Crippen LogP contribution < -0.4 is 9.47 Å². The first-order valence-corrected chi connectivity index (χ1v) is 9.18. The fourth-order valence-corrected chi connectivity index (χ4v) is 3.20. The van der Waals surface area contributed by atoms with Gasteiger partial charge in [-0.1, -0.05) is 23.2 Å². The normalized spacial score (nSPS) is 12.9. The van der Waals surface area contributed by atoms with E-state index in [0.717, 1.165) is 11.1 Å². The van der Waals surface area contributed by atoms with Gasteiger partial charge in [0.05, 0.1) is 24.8 Å². The second-order valence-electron chi connectivity index (χ2n) is 6.11. The van der Waals surface area contributed by atoms with Crippen molar-refractivity contribution in [1.82, 2.24) is 9.88 Å². The lowest BCUT2D eigenvalue weighted by Crippen LogP contribution is -2.38. The van der Waals surface area contributed by atoms with E-state index in [0.29, 0.717) is 31.0 Å². The van der Waals surface area contributed by atoms with Gasteiger partial charge in [0, 0.05) is 19.3 Å². The minimum Gasteiger partial charge on any atom is -0.493 e. The number of ether oxygens (including phenoxy) is 3. The number of nitrogens with zero attached hydrogens (tertiary/aromatic N) is 2. The molecule has 2 heterocycles. The molecule has 0 spiro atoms. The number of methoxy groups -OCH3 is 2. The third-order valence-electron chi connectivity index (χ3n) is 4.43. The summed E-state index contributed by atoms with van der Waals surface area (Å²) in [6.07, 6.45) is 1.92. The van der Waals surface area contributed by atoms with Crippen LogP contribution >= 0.6 is 23.2 Å². The molecule has 0 unspecified atom stereocenters. The predicted octanol–water partition coefficient (Wildman–Crippen LogP) is 3.15. The average Bonchev–Trinajstić information content (AvgIpc) is 2.72. The van der Waals surface area contributed by atoms with Crippen molar-refractivity contribution >= 4 is 35.1 Å². The maximum absolute atomic E-state index is 12.5. The van der Waals surface area contributed by atoms with Crippen molar-refractivity contribution in [1.29, 1.82) is 0 Å². The number of aromatic nitrogens is 1. The number of fused-ring (bicyclic) bond motifs is 1. The van der Waals surface area contributed by atoms with E-state index in [1.165, 1.54) is 12.3 Å². The zero-order chi connectivity index (χ0) is 20.3. The van der Waals surface area contributed by atoms with Crippen LogP contribution in [0.5, 0.6) is 11.5 Å². The lowest BCUT2D eigenvalue weighted by molar-refractivity contribution is -0.135. The van der Waals surface area contributed by atoms with E-state index >= 15 is 0 Å². The SMILES string of the molecule is COc1cc2c(cc1OC)CN(C(=O)COC(=O)c1cnc(Cl)c(Cl)c1)CC2. The summed E-state index contributed by atoms with van der Waals surface area (Å²) < 4.78 is 15.7. The van der Waals surface area contributed by atoms with E-state index in [4.69, 9.17) is 37.4 Å². The molecule has 0 aliphatic carbocycles.